The molecule has 2 rings (SSSR count). The third-order valence-corrected chi connectivity index (χ3v) is 2.60. The van der Waals surface area contributed by atoms with Gasteiger partial charge >= 0.3 is 0 Å². The summed E-state index contributed by atoms with van der Waals surface area (Å²) in [5.41, 5.74) is 0.737. The highest BCUT2D eigenvalue weighted by Gasteiger charge is 2.26. The summed E-state index contributed by atoms with van der Waals surface area (Å²) in [7, 11) is 0. The Hall–Kier alpha value is -1.36. The maximum absolute atomic E-state index is 12.0. The zero-order valence-corrected chi connectivity index (χ0v) is 8.99. The summed E-state index contributed by atoms with van der Waals surface area (Å²) < 4.78 is 4.97. The standard InChI is InChI=1S/C10H15N3O2/c1-7-5-9(15-12-7)10(14)13-4-3-11-6-8(13)2/h5,8,11H,3-4,6H2,1-2H3/t8-/m1/s1. The highest BCUT2D eigenvalue weighted by Crippen LogP contribution is 2.11. The van der Waals surface area contributed by atoms with Crippen molar-refractivity contribution in [2.75, 3.05) is 19.6 Å². The number of nitrogens with zero attached hydrogens (tertiary/aromatic N) is 2. The highest BCUT2D eigenvalue weighted by atomic mass is 16.5. The van der Waals surface area contributed by atoms with Gasteiger partial charge in [-0.25, -0.2) is 0 Å². The number of aromatic nitrogens is 1. The van der Waals surface area contributed by atoms with Crippen molar-refractivity contribution in [2.24, 2.45) is 0 Å². The van der Waals surface area contributed by atoms with Crippen LogP contribution in [0.5, 0.6) is 0 Å². The van der Waals surface area contributed by atoms with Crippen LogP contribution in [-0.4, -0.2) is 41.6 Å². The topological polar surface area (TPSA) is 58.4 Å². The number of rotatable bonds is 1. The van der Waals surface area contributed by atoms with E-state index in [-0.39, 0.29) is 11.9 Å². The Morgan fingerprint density at radius 3 is 3.13 bits per heavy atom. The molecular weight excluding hydrogens is 194 g/mol. The van der Waals surface area contributed by atoms with Crippen LogP contribution in [0, 0.1) is 6.92 Å². The van der Waals surface area contributed by atoms with Crippen LogP contribution >= 0.6 is 0 Å². The first-order valence-corrected chi connectivity index (χ1v) is 5.13. The lowest BCUT2D eigenvalue weighted by Gasteiger charge is -2.33. The number of amides is 1. The molecular formula is C10H15N3O2. The number of piperazine rings is 1. The van der Waals surface area contributed by atoms with Gasteiger partial charge in [0.05, 0.1) is 5.69 Å². The third-order valence-electron chi connectivity index (χ3n) is 2.60. The monoisotopic (exact) mass is 209 g/mol. The predicted molar refractivity (Wildman–Crippen MR) is 54.6 cm³/mol. The van der Waals surface area contributed by atoms with Crippen molar-refractivity contribution >= 4 is 5.91 Å². The van der Waals surface area contributed by atoms with Crippen LogP contribution in [-0.2, 0) is 0 Å². The molecule has 5 nitrogen and oxygen atoms in total. The summed E-state index contributed by atoms with van der Waals surface area (Å²) in [5.74, 6) is 0.269. The van der Waals surface area contributed by atoms with E-state index in [1.165, 1.54) is 0 Å². The molecule has 1 saturated heterocycles. The van der Waals surface area contributed by atoms with Crippen molar-refractivity contribution in [1.82, 2.24) is 15.4 Å². The van der Waals surface area contributed by atoms with Gasteiger partial charge in [-0.3, -0.25) is 4.79 Å². The highest BCUT2D eigenvalue weighted by molar-refractivity contribution is 5.91. The minimum absolute atomic E-state index is 0.0652. The predicted octanol–water partition coefficient (Wildman–Crippen LogP) is 0.417. The fourth-order valence-electron chi connectivity index (χ4n) is 1.75. The molecule has 1 aliphatic heterocycles. The van der Waals surface area contributed by atoms with Crippen LogP contribution in [0.1, 0.15) is 23.2 Å². The first kappa shape index (κ1) is 10.2. The van der Waals surface area contributed by atoms with Crippen molar-refractivity contribution in [3.05, 3.63) is 17.5 Å². The van der Waals surface area contributed by atoms with E-state index < -0.39 is 0 Å². The maximum Gasteiger partial charge on any atom is 0.292 e. The van der Waals surface area contributed by atoms with Gasteiger partial charge in [0.25, 0.3) is 5.91 Å². The van der Waals surface area contributed by atoms with Gasteiger partial charge in [0.1, 0.15) is 0 Å². The van der Waals surface area contributed by atoms with Crippen LogP contribution in [0.15, 0.2) is 10.6 Å². The summed E-state index contributed by atoms with van der Waals surface area (Å²) in [4.78, 5) is 13.8. The lowest BCUT2D eigenvalue weighted by molar-refractivity contribution is 0.0613. The van der Waals surface area contributed by atoms with Gasteiger partial charge in [-0.15, -0.1) is 0 Å². The van der Waals surface area contributed by atoms with E-state index in [1.807, 2.05) is 18.7 Å². The SMILES string of the molecule is Cc1cc(C(=O)N2CCNC[C@H]2C)on1. The molecule has 1 atom stereocenters. The van der Waals surface area contributed by atoms with Crippen LogP contribution < -0.4 is 5.32 Å². The van der Waals surface area contributed by atoms with E-state index in [0.717, 1.165) is 25.3 Å². The van der Waals surface area contributed by atoms with Crippen LogP contribution in [0.4, 0.5) is 0 Å². The molecule has 1 amide bonds. The molecule has 0 aliphatic carbocycles. The molecule has 1 aromatic heterocycles. The van der Waals surface area contributed by atoms with Gasteiger partial charge in [0.2, 0.25) is 5.76 Å². The second-order valence-electron chi connectivity index (χ2n) is 3.88. The average molecular weight is 209 g/mol. The van der Waals surface area contributed by atoms with Crippen molar-refractivity contribution in [1.29, 1.82) is 0 Å². The van der Waals surface area contributed by atoms with E-state index in [1.54, 1.807) is 6.07 Å². The van der Waals surface area contributed by atoms with Gasteiger partial charge in [-0.1, -0.05) is 5.16 Å². The lowest BCUT2D eigenvalue weighted by Crippen LogP contribution is -2.52. The second kappa shape index (κ2) is 4.02. The number of nitrogens with one attached hydrogen (secondary N) is 1. The molecule has 1 aliphatic rings. The summed E-state index contributed by atoms with van der Waals surface area (Å²) in [5, 5.41) is 6.96. The number of hydrogen-bond acceptors (Lipinski definition) is 4. The van der Waals surface area contributed by atoms with Crippen molar-refractivity contribution in [3.63, 3.8) is 0 Å². The largest absolute Gasteiger partial charge is 0.351 e. The van der Waals surface area contributed by atoms with Crippen molar-refractivity contribution < 1.29 is 9.32 Å². The first-order chi connectivity index (χ1) is 7.18. The summed E-state index contributed by atoms with van der Waals surface area (Å²) >= 11 is 0. The third kappa shape index (κ3) is 2.02. The van der Waals surface area contributed by atoms with E-state index in [0.29, 0.717) is 5.76 Å². The fourth-order valence-corrected chi connectivity index (χ4v) is 1.75. The quantitative estimate of drug-likeness (QED) is 0.728. The fraction of sp³-hybridized carbons (Fsp3) is 0.600. The van der Waals surface area contributed by atoms with Crippen LogP contribution in [0.25, 0.3) is 0 Å². The molecule has 0 radical (unpaired) electrons. The van der Waals surface area contributed by atoms with Crippen molar-refractivity contribution in [2.45, 2.75) is 19.9 Å². The minimum Gasteiger partial charge on any atom is -0.351 e. The van der Waals surface area contributed by atoms with E-state index in [2.05, 4.69) is 10.5 Å². The zero-order chi connectivity index (χ0) is 10.8. The Balaban J connectivity index is 2.13. The molecule has 0 bridgehead atoms. The van der Waals surface area contributed by atoms with E-state index in [4.69, 9.17) is 4.52 Å². The Kier molecular flexibility index (Phi) is 2.73. The molecule has 0 spiro atoms. The Morgan fingerprint density at radius 1 is 1.73 bits per heavy atom. The molecule has 15 heavy (non-hydrogen) atoms. The van der Waals surface area contributed by atoms with E-state index in [9.17, 15) is 4.79 Å². The molecule has 82 valence electrons. The zero-order valence-electron chi connectivity index (χ0n) is 8.99. The molecule has 5 heteroatoms. The molecule has 0 saturated carbocycles. The van der Waals surface area contributed by atoms with Gasteiger partial charge < -0.3 is 14.7 Å². The number of carbonyl (C=O) groups excluding carboxylic acids is 1. The van der Waals surface area contributed by atoms with Crippen molar-refractivity contribution in [3.8, 4) is 0 Å². The normalized spacial score (nSPS) is 21.7. The second-order valence-corrected chi connectivity index (χ2v) is 3.88. The van der Waals surface area contributed by atoms with Gasteiger partial charge in [-0.05, 0) is 13.8 Å². The maximum atomic E-state index is 12.0. The Bertz CT molecular complexity index is 361. The summed E-state index contributed by atoms with van der Waals surface area (Å²) in [6.45, 7) is 6.22. The summed E-state index contributed by atoms with van der Waals surface area (Å²) in [6.07, 6.45) is 0. The molecule has 1 fully saturated rings. The Labute approximate surface area is 88.4 Å². The number of aryl methyl sites for hydroxylation is 1. The molecule has 0 aromatic carbocycles. The Morgan fingerprint density at radius 2 is 2.53 bits per heavy atom. The summed E-state index contributed by atoms with van der Waals surface area (Å²) in [6, 6.07) is 1.88. The van der Waals surface area contributed by atoms with Crippen LogP contribution in [0.2, 0.25) is 0 Å². The average Bonchev–Trinajstić information content (AvgIpc) is 2.65. The van der Waals surface area contributed by atoms with Gasteiger partial charge in [0, 0.05) is 31.7 Å². The first-order valence-electron chi connectivity index (χ1n) is 5.13. The molecule has 2 heterocycles. The van der Waals surface area contributed by atoms with Gasteiger partial charge in [0.15, 0.2) is 0 Å². The number of carbonyl (C=O) groups is 1. The van der Waals surface area contributed by atoms with Gasteiger partial charge in [-0.2, -0.15) is 0 Å². The molecule has 0 unspecified atom stereocenters. The smallest absolute Gasteiger partial charge is 0.292 e. The minimum atomic E-state index is -0.0652. The van der Waals surface area contributed by atoms with E-state index >= 15 is 0 Å². The molecule has 1 aromatic rings. The molecule has 1 N–H and O–H groups in total. The lowest BCUT2D eigenvalue weighted by atomic mass is 10.2. The number of hydrogen-bond donors (Lipinski definition) is 1. The van der Waals surface area contributed by atoms with Crippen LogP contribution in [0.3, 0.4) is 0 Å².